The molecule has 4 heteroatoms. The Morgan fingerprint density at radius 2 is 2.00 bits per heavy atom. The number of nitriles is 1. The van der Waals surface area contributed by atoms with Crippen LogP contribution in [-0.4, -0.2) is 25.7 Å². The highest BCUT2D eigenvalue weighted by Gasteiger charge is 2.25. The molecule has 106 valence electrons. The largest absolute Gasteiger partial charge is 0.370 e. The molecule has 3 rings (SSSR count). The van der Waals surface area contributed by atoms with Gasteiger partial charge in [-0.2, -0.15) is 5.26 Å². The van der Waals surface area contributed by atoms with E-state index in [4.69, 9.17) is 0 Å². The Morgan fingerprint density at radius 1 is 1.25 bits per heavy atom. The van der Waals surface area contributed by atoms with E-state index < -0.39 is 0 Å². The number of rotatable bonds is 4. The molecular formula is C16H20BrN3. The molecule has 1 saturated heterocycles. The van der Waals surface area contributed by atoms with Gasteiger partial charge in [0.05, 0.1) is 11.3 Å². The second-order valence-electron chi connectivity index (χ2n) is 5.86. The fourth-order valence-corrected chi connectivity index (χ4v) is 3.31. The molecule has 0 unspecified atom stereocenters. The van der Waals surface area contributed by atoms with Crippen molar-refractivity contribution in [3.8, 4) is 6.07 Å². The Morgan fingerprint density at radius 3 is 2.65 bits per heavy atom. The molecule has 2 aliphatic rings. The SMILES string of the molecule is N#Cc1c(Br)cccc1N1CCC(NCC2CC2)CC1. The summed E-state index contributed by atoms with van der Waals surface area (Å²) in [5.41, 5.74) is 1.83. The lowest BCUT2D eigenvalue weighted by Gasteiger charge is -2.34. The van der Waals surface area contributed by atoms with Crippen molar-refractivity contribution in [1.29, 1.82) is 5.26 Å². The maximum absolute atomic E-state index is 9.32. The first kappa shape index (κ1) is 13.9. The lowest BCUT2D eigenvalue weighted by Crippen LogP contribution is -2.43. The second-order valence-corrected chi connectivity index (χ2v) is 6.71. The number of hydrogen-bond acceptors (Lipinski definition) is 3. The van der Waals surface area contributed by atoms with E-state index in [0.717, 1.165) is 34.7 Å². The number of halogens is 1. The van der Waals surface area contributed by atoms with Crippen LogP contribution in [0.1, 0.15) is 31.2 Å². The van der Waals surface area contributed by atoms with Crippen LogP contribution >= 0.6 is 15.9 Å². The Kier molecular flexibility index (Phi) is 4.28. The zero-order valence-corrected chi connectivity index (χ0v) is 13.2. The van der Waals surface area contributed by atoms with Crippen molar-refractivity contribution in [2.24, 2.45) is 5.92 Å². The molecule has 1 saturated carbocycles. The molecule has 0 atom stereocenters. The first-order valence-corrected chi connectivity index (χ1v) is 8.24. The third-order valence-corrected chi connectivity index (χ3v) is 4.99. The van der Waals surface area contributed by atoms with E-state index in [1.54, 1.807) is 0 Å². The Bertz CT molecular complexity index is 511. The van der Waals surface area contributed by atoms with E-state index in [2.05, 4.69) is 38.3 Å². The summed E-state index contributed by atoms with van der Waals surface area (Å²) in [6.45, 7) is 3.27. The Hall–Kier alpha value is -1.05. The maximum Gasteiger partial charge on any atom is 0.103 e. The van der Waals surface area contributed by atoms with Gasteiger partial charge in [-0.05, 0) is 66.2 Å². The highest BCUT2D eigenvalue weighted by Crippen LogP contribution is 2.30. The van der Waals surface area contributed by atoms with Crippen molar-refractivity contribution in [3.63, 3.8) is 0 Å². The van der Waals surface area contributed by atoms with Gasteiger partial charge in [0.15, 0.2) is 0 Å². The molecule has 3 nitrogen and oxygen atoms in total. The number of benzene rings is 1. The van der Waals surface area contributed by atoms with Gasteiger partial charge in [-0.3, -0.25) is 0 Å². The fourth-order valence-electron chi connectivity index (χ4n) is 2.87. The summed E-state index contributed by atoms with van der Waals surface area (Å²) in [7, 11) is 0. The number of nitrogens with zero attached hydrogens (tertiary/aromatic N) is 2. The zero-order chi connectivity index (χ0) is 13.9. The van der Waals surface area contributed by atoms with Gasteiger partial charge in [0.2, 0.25) is 0 Å². The third-order valence-electron chi connectivity index (χ3n) is 4.33. The molecule has 2 fully saturated rings. The molecule has 0 spiro atoms. The maximum atomic E-state index is 9.32. The summed E-state index contributed by atoms with van der Waals surface area (Å²) in [6, 6.07) is 8.98. The van der Waals surface area contributed by atoms with Crippen molar-refractivity contribution in [3.05, 3.63) is 28.2 Å². The smallest absolute Gasteiger partial charge is 0.103 e. The zero-order valence-electron chi connectivity index (χ0n) is 11.6. The van der Waals surface area contributed by atoms with Crippen LogP contribution in [0.3, 0.4) is 0 Å². The highest BCUT2D eigenvalue weighted by molar-refractivity contribution is 9.10. The van der Waals surface area contributed by atoms with E-state index in [0.29, 0.717) is 6.04 Å². The van der Waals surface area contributed by atoms with Gasteiger partial charge in [-0.15, -0.1) is 0 Å². The molecule has 1 aromatic rings. The summed E-state index contributed by atoms with van der Waals surface area (Å²) in [5.74, 6) is 0.947. The predicted molar refractivity (Wildman–Crippen MR) is 84.8 cm³/mol. The van der Waals surface area contributed by atoms with Gasteiger partial charge in [-0.1, -0.05) is 6.07 Å². The molecule has 1 heterocycles. The number of hydrogen-bond donors (Lipinski definition) is 1. The average molecular weight is 334 g/mol. The average Bonchev–Trinajstić information content (AvgIpc) is 3.30. The van der Waals surface area contributed by atoms with E-state index in [1.807, 2.05) is 12.1 Å². The molecule has 1 aliphatic carbocycles. The monoisotopic (exact) mass is 333 g/mol. The van der Waals surface area contributed by atoms with Crippen LogP contribution in [0.4, 0.5) is 5.69 Å². The van der Waals surface area contributed by atoms with Gasteiger partial charge in [0.25, 0.3) is 0 Å². The summed E-state index contributed by atoms with van der Waals surface area (Å²) < 4.78 is 0.895. The number of piperidine rings is 1. The molecule has 1 aromatic carbocycles. The van der Waals surface area contributed by atoms with E-state index >= 15 is 0 Å². The van der Waals surface area contributed by atoms with Crippen molar-refractivity contribution in [2.45, 2.75) is 31.7 Å². The van der Waals surface area contributed by atoms with Crippen LogP contribution in [0, 0.1) is 17.2 Å². The fraction of sp³-hybridized carbons (Fsp3) is 0.562. The first-order valence-electron chi connectivity index (χ1n) is 7.45. The van der Waals surface area contributed by atoms with Crippen molar-refractivity contribution in [2.75, 3.05) is 24.5 Å². The minimum atomic E-state index is 0.657. The predicted octanol–water partition coefficient (Wildman–Crippen LogP) is 3.29. The minimum Gasteiger partial charge on any atom is -0.370 e. The Balaban J connectivity index is 1.60. The number of anilines is 1. The van der Waals surface area contributed by atoms with E-state index in [1.165, 1.54) is 32.2 Å². The van der Waals surface area contributed by atoms with Crippen LogP contribution < -0.4 is 10.2 Å². The number of nitrogens with one attached hydrogen (secondary N) is 1. The Labute approximate surface area is 129 Å². The van der Waals surface area contributed by atoms with Crippen molar-refractivity contribution in [1.82, 2.24) is 5.32 Å². The minimum absolute atomic E-state index is 0.657. The van der Waals surface area contributed by atoms with Gasteiger partial charge in [0.1, 0.15) is 6.07 Å². The van der Waals surface area contributed by atoms with Crippen LogP contribution in [0.15, 0.2) is 22.7 Å². The van der Waals surface area contributed by atoms with Crippen molar-refractivity contribution < 1.29 is 0 Å². The summed E-state index contributed by atoms with van der Waals surface area (Å²) >= 11 is 3.47. The normalized spacial score (nSPS) is 19.9. The van der Waals surface area contributed by atoms with Gasteiger partial charge >= 0.3 is 0 Å². The van der Waals surface area contributed by atoms with Gasteiger partial charge in [-0.25, -0.2) is 0 Å². The topological polar surface area (TPSA) is 39.1 Å². The van der Waals surface area contributed by atoms with E-state index in [-0.39, 0.29) is 0 Å². The third kappa shape index (κ3) is 3.16. The first-order chi connectivity index (χ1) is 9.78. The molecule has 0 radical (unpaired) electrons. The van der Waals surface area contributed by atoms with Crippen LogP contribution in [0.25, 0.3) is 0 Å². The lowest BCUT2D eigenvalue weighted by molar-refractivity contribution is 0.409. The summed E-state index contributed by atoms with van der Waals surface area (Å²) in [4.78, 5) is 2.35. The van der Waals surface area contributed by atoms with Gasteiger partial charge in [0, 0.05) is 23.6 Å². The van der Waals surface area contributed by atoms with Crippen LogP contribution in [-0.2, 0) is 0 Å². The summed E-state index contributed by atoms with van der Waals surface area (Å²) in [5, 5.41) is 13.0. The standard InChI is InChI=1S/C16H20BrN3/c17-15-2-1-3-16(14(15)10-18)20-8-6-13(7-9-20)19-11-12-4-5-12/h1-3,12-13,19H,4-9,11H2. The lowest BCUT2D eigenvalue weighted by atomic mass is 10.0. The summed E-state index contributed by atoms with van der Waals surface area (Å²) in [6.07, 6.45) is 5.17. The molecule has 0 aromatic heterocycles. The van der Waals surface area contributed by atoms with Crippen LogP contribution in [0.2, 0.25) is 0 Å². The second kappa shape index (κ2) is 6.15. The van der Waals surface area contributed by atoms with Crippen molar-refractivity contribution >= 4 is 21.6 Å². The molecule has 0 amide bonds. The van der Waals surface area contributed by atoms with E-state index in [9.17, 15) is 5.26 Å². The molecule has 20 heavy (non-hydrogen) atoms. The molecule has 1 N–H and O–H groups in total. The molecule has 0 bridgehead atoms. The van der Waals surface area contributed by atoms with Gasteiger partial charge < -0.3 is 10.2 Å². The molecular weight excluding hydrogens is 314 g/mol. The van der Waals surface area contributed by atoms with Crippen LogP contribution in [0.5, 0.6) is 0 Å². The molecule has 1 aliphatic heterocycles. The highest BCUT2D eigenvalue weighted by atomic mass is 79.9. The quantitative estimate of drug-likeness (QED) is 0.918.